The van der Waals surface area contributed by atoms with Crippen LogP contribution in [0.25, 0.3) is 10.4 Å². The first-order valence-corrected chi connectivity index (χ1v) is 12.4. The van der Waals surface area contributed by atoms with Gasteiger partial charge in [0.15, 0.2) is 0 Å². The molecule has 4 rings (SSSR count). The molecule has 1 atom stereocenters. The highest BCUT2D eigenvalue weighted by Crippen LogP contribution is 2.56. The third-order valence-electron chi connectivity index (χ3n) is 5.38. The molecule has 1 aliphatic rings. The van der Waals surface area contributed by atoms with Crippen LogP contribution in [0.15, 0.2) is 60.0 Å². The molecule has 5 nitrogen and oxygen atoms in total. The molecule has 0 aliphatic heterocycles. The molecule has 1 unspecified atom stereocenters. The number of benzene rings is 2. The Morgan fingerprint density at radius 2 is 1.93 bits per heavy atom. The molecule has 0 bridgehead atoms. The Morgan fingerprint density at radius 3 is 2.55 bits per heavy atom. The van der Waals surface area contributed by atoms with Crippen molar-refractivity contribution in [3.63, 3.8) is 0 Å². The summed E-state index contributed by atoms with van der Waals surface area (Å²) in [5.74, 6) is -0.266. The summed E-state index contributed by atoms with van der Waals surface area (Å²) in [5.41, 5.74) is 9.28. The summed E-state index contributed by atoms with van der Waals surface area (Å²) in [6.07, 6.45) is 2.86. The van der Waals surface area contributed by atoms with Gasteiger partial charge in [-0.05, 0) is 59.7 Å². The van der Waals surface area contributed by atoms with E-state index in [4.69, 9.17) is 5.73 Å². The summed E-state index contributed by atoms with van der Waals surface area (Å²) in [4.78, 5) is 24.0. The van der Waals surface area contributed by atoms with Crippen molar-refractivity contribution in [3.05, 3.63) is 71.1 Å². The molecule has 0 radical (unpaired) electrons. The van der Waals surface area contributed by atoms with Crippen molar-refractivity contribution in [2.45, 2.75) is 31.1 Å². The Labute approximate surface area is 174 Å². The second-order valence-electron chi connectivity index (χ2n) is 7.43. The zero-order valence-corrected chi connectivity index (χ0v) is 17.6. The van der Waals surface area contributed by atoms with Crippen LogP contribution >= 0.6 is 18.7 Å². The fraction of sp³-hybridized carbons (Fsp3) is 0.227. The number of carbonyl (C=O) groups is 1. The molecule has 1 aromatic heterocycles. The number of rotatable bonds is 6. The molecule has 7 heteroatoms. The van der Waals surface area contributed by atoms with Gasteiger partial charge in [0.2, 0.25) is 7.37 Å². The summed E-state index contributed by atoms with van der Waals surface area (Å²) in [6.45, 7) is 0. The second-order valence-corrected chi connectivity index (χ2v) is 10.9. The lowest BCUT2D eigenvalue weighted by Gasteiger charge is -2.30. The summed E-state index contributed by atoms with van der Waals surface area (Å²) in [7, 11) is -3.16. The van der Waals surface area contributed by atoms with E-state index < -0.39 is 7.37 Å². The maximum Gasteiger partial charge on any atom is 0.255 e. The molecule has 2 aromatic carbocycles. The molecule has 150 valence electrons. The number of nitrogens with two attached hydrogens (primary N) is 1. The smallest absolute Gasteiger partial charge is 0.255 e. The quantitative estimate of drug-likeness (QED) is 0.355. The average molecular weight is 426 g/mol. The lowest BCUT2D eigenvalue weighted by Crippen LogP contribution is -2.18. The molecular weight excluding hydrogens is 403 g/mol. The average Bonchev–Trinajstić information content (AvgIpc) is 3.16. The van der Waals surface area contributed by atoms with E-state index in [1.807, 2.05) is 29.6 Å². The largest absolute Gasteiger partial charge is 0.397 e. The first kappa shape index (κ1) is 19.9. The van der Waals surface area contributed by atoms with Gasteiger partial charge in [0.05, 0.1) is 11.4 Å². The maximum atomic E-state index is 12.7. The standard InChI is InChI=1S/C22H23N2O3PS/c23-19-11-10-17(21-5-2-12-29-21)13-20(19)24-22(25)16-8-6-15(7-9-16)14-28(26,27)18-3-1-4-18/h2,5-13,18H,1,3-4,14,23H2,(H,24,25)(H,26,27). The SMILES string of the molecule is Nc1ccc(-c2cccs2)cc1NC(=O)c1ccc(CP(=O)(O)C2CCC2)cc1. The molecule has 1 heterocycles. The van der Waals surface area contributed by atoms with Crippen LogP contribution < -0.4 is 11.1 Å². The van der Waals surface area contributed by atoms with E-state index in [1.54, 1.807) is 41.7 Å². The molecule has 29 heavy (non-hydrogen) atoms. The monoisotopic (exact) mass is 426 g/mol. The van der Waals surface area contributed by atoms with Crippen molar-refractivity contribution in [2.75, 3.05) is 11.1 Å². The minimum absolute atomic E-state index is 0.0657. The molecule has 0 saturated heterocycles. The van der Waals surface area contributed by atoms with Crippen molar-refractivity contribution < 1.29 is 14.3 Å². The number of hydrogen-bond donors (Lipinski definition) is 3. The number of nitrogen functional groups attached to an aromatic ring is 1. The Hall–Kier alpha value is -2.40. The minimum Gasteiger partial charge on any atom is -0.397 e. The van der Waals surface area contributed by atoms with Crippen molar-refractivity contribution in [2.24, 2.45) is 0 Å². The fourth-order valence-electron chi connectivity index (χ4n) is 3.40. The van der Waals surface area contributed by atoms with E-state index in [0.717, 1.165) is 35.3 Å². The van der Waals surface area contributed by atoms with E-state index in [9.17, 15) is 14.3 Å². The van der Waals surface area contributed by atoms with E-state index in [-0.39, 0.29) is 17.7 Å². The highest BCUT2D eigenvalue weighted by Gasteiger charge is 2.35. The molecule has 1 amide bonds. The fourth-order valence-corrected chi connectivity index (χ4v) is 6.29. The van der Waals surface area contributed by atoms with Gasteiger partial charge in [0.1, 0.15) is 0 Å². The molecule has 1 fully saturated rings. The van der Waals surface area contributed by atoms with E-state index in [0.29, 0.717) is 16.9 Å². The van der Waals surface area contributed by atoms with Crippen LogP contribution in [-0.2, 0) is 10.7 Å². The van der Waals surface area contributed by atoms with Crippen LogP contribution in [0.5, 0.6) is 0 Å². The molecule has 1 saturated carbocycles. The number of thiophene rings is 1. The first-order valence-electron chi connectivity index (χ1n) is 9.57. The topological polar surface area (TPSA) is 92.4 Å². The van der Waals surface area contributed by atoms with Crippen LogP contribution in [0.4, 0.5) is 11.4 Å². The third kappa shape index (κ3) is 4.45. The number of carbonyl (C=O) groups excluding carboxylic acids is 1. The summed E-state index contributed by atoms with van der Waals surface area (Å²) in [5, 5.41) is 4.87. The minimum atomic E-state index is -3.16. The van der Waals surface area contributed by atoms with Crippen LogP contribution in [0.3, 0.4) is 0 Å². The van der Waals surface area contributed by atoms with E-state index >= 15 is 0 Å². The molecule has 3 aromatic rings. The normalized spacial score (nSPS) is 16.0. The zero-order chi connectivity index (χ0) is 20.4. The van der Waals surface area contributed by atoms with Crippen LogP contribution in [-0.4, -0.2) is 16.5 Å². The van der Waals surface area contributed by atoms with Crippen molar-refractivity contribution >= 4 is 36.0 Å². The lowest BCUT2D eigenvalue weighted by molar-refractivity contribution is 0.102. The lowest BCUT2D eigenvalue weighted by atomic mass is 10.00. The van der Waals surface area contributed by atoms with Gasteiger partial charge in [-0.3, -0.25) is 9.36 Å². The number of amides is 1. The van der Waals surface area contributed by atoms with Gasteiger partial charge in [-0.15, -0.1) is 11.3 Å². The van der Waals surface area contributed by atoms with Gasteiger partial charge < -0.3 is 15.9 Å². The zero-order valence-electron chi connectivity index (χ0n) is 15.9. The van der Waals surface area contributed by atoms with Crippen molar-refractivity contribution in [3.8, 4) is 10.4 Å². The van der Waals surface area contributed by atoms with E-state index in [1.165, 1.54) is 0 Å². The molecular formula is C22H23N2O3PS. The van der Waals surface area contributed by atoms with E-state index in [2.05, 4.69) is 5.32 Å². The van der Waals surface area contributed by atoms with Gasteiger partial charge >= 0.3 is 0 Å². The van der Waals surface area contributed by atoms with Gasteiger partial charge in [-0.2, -0.15) is 0 Å². The second kappa shape index (κ2) is 8.15. The Bertz CT molecular complexity index is 1060. The predicted octanol–water partition coefficient (Wildman–Crippen LogP) is 5.57. The highest BCUT2D eigenvalue weighted by molar-refractivity contribution is 7.58. The molecule has 4 N–H and O–H groups in total. The van der Waals surface area contributed by atoms with Gasteiger partial charge in [0.25, 0.3) is 5.91 Å². The summed E-state index contributed by atoms with van der Waals surface area (Å²) >= 11 is 1.62. The highest BCUT2D eigenvalue weighted by atomic mass is 32.1. The van der Waals surface area contributed by atoms with Crippen LogP contribution in [0.2, 0.25) is 0 Å². The molecule has 0 spiro atoms. The van der Waals surface area contributed by atoms with Gasteiger partial charge in [-0.1, -0.05) is 30.7 Å². The Balaban J connectivity index is 1.46. The van der Waals surface area contributed by atoms with Crippen LogP contribution in [0.1, 0.15) is 35.2 Å². The third-order valence-corrected chi connectivity index (χ3v) is 8.77. The Morgan fingerprint density at radius 1 is 1.17 bits per heavy atom. The van der Waals surface area contributed by atoms with Crippen molar-refractivity contribution in [1.29, 1.82) is 0 Å². The summed E-state index contributed by atoms with van der Waals surface area (Å²) in [6, 6.07) is 16.5. The Kier molecular flexibility index (Phi) is 5.59. The van der Waals surface area contributed by atoms with Gasteiger partial charge in [0, 0.05) is 22.3 Å². The predicted molar refractivity (Wildman–Crippen MR) is 120 cm³/mol. The molecule has 1 aliphatic carbocycles. The maximum absolute atomic E-state index is 12.7. The van der Waals surface area contributed by atoms with Gasteiger partial charge in [-0.25, -0.2) is 0 Å². The number of anilines is 2. The van der Waals surface area contributed by atoms with Crippen molar-refractivity contribution in [1.82, 2.24) is 0 Å². The number of hydrogen-bond acceptors (Lipinski definition) is 4. The first-order chi connectivity index (χ1) is 13.9. The van der Waals surface area contributed by atoms with Crippen LogP contribution in [0, 0.1) is 0 Å². The number of nitrogens with one attached hydrogen (secondary N) is 1. The summed E-state index contributed by atoms with van der Waals surface area (Å²) < 4.78 is 12.5.